The third-order valence-corrected chi connectivity index (χ3v) is 7.29. The maximum absolute atomic E-state index is 13.0. The molecule has 0 aliphatic carbocycles. The molecule has 0 bridgehead atoms. The van der Waals surface area contributed by atoms with E-state index in [9.17, 15) is 22.8 Å². The van der Waals surface area contributed by atoms with Crippen molar-refractivity contribution in [1.82, 2.24) is 20.1 Å². The minimum absolute atomic E-state index is 0.167. The minimum atomic E-state index is -4.43. The number of thioether (sulfide) groups is 1. The number of nitrogens with zero attached hydrogens (tertiary/aromatic N) is 4. The van der Waals surface area contributed by atoms with Crippen LogP contribution in [0.5, 0.6) is 5.75 Å². The predicted octanol–water partition coefficient (Wildman–Crippen LogP) is 6.76. The van der Waals surface area contributed by atoms with Crippen LogP contribution in [0.15, 0.2) is 78.0 Å². The molecule has 0 spiro atoms. The van der Waals surface area contributed by atoms with Gasteiger partial charge in [0, 0.05) is 11.3 Å². The highest BCUT2D eigenvalue weighted by atomic mass is 32.2. The number of amidine groups is 1. The Kier molecular flexibility index (Phi) is 9.62. The average molecular weight is 627 g/mol. The van der Waals surface area contributed by atoms with Crippen LogP contribution in [0.3, 0.4) is 0 Å². The Morgan fingerprint density at radius 3 is 2.25 bits per heavy atom. The lowest BCUT2D eigenvalue weighted by molar-refractivity contribution is -0.142. The number of aliphatic imine (C=N–C) groups is 1. The Labute approximate surface area is 255 Å². The minimum Gasteiger partial charge on any atom is -0.497 e. The Morgan fingerprint density at radius 1 is 0.977 bits per heavy atom. The first-order chi connectivity index (χ1) is 20.8. The second-order valence-corrected chi connectivity index (χ2v) is 11.5. The van der Waals surface area contributed by atoms with Crippen LogP contribution in [-0.4, -0.2) is 50.9 Å². The van der Waals surface area contributed by atoms with Crippen LogP contribution in [0.1, 0.15) is 25.0 Å². The molecule has 44 heavy (non-hydrogen) atoms. The second-order valence-electron chi connectivity index (χ2n) is 9.89. The number of esters is 1. The second kappa shape index (κ2) is 13.2. The number of amides is 2. The highest BCUT2D eigenvalue weighted by molar-refractivity contribution is 8.15. The van der Waals surface area contributed by atoms with Gasteiger partial charge in [-0.1, -0.05) is 11.8 Å². The number of benzene rings is 3. The predicted molar refractivity (Wildman–Crippen MR) is 162 cm³/mol. The van der Waals surface area contributed by atoms with Gasteiger partial charge in [-0.25, -0.2) is 19.5 Å². The molecule has 0 aliphatic heterocycles. The fraction of sp³-hybridized carbons (Fsp3) is 0.233. The first-order valence-corrected chi connectivity index (χ1v) is 13.9. The number of aryl methyl sites for hydroxylation is 1. The maximum atomic E-state index is 13.0. The fourth-order valence-corrected chi connectivity index (χ4v) is 4.82. The molecule has 0 saturated carbocycles. The Balaban J connectivity index is 1.47. The highest BCUT2D eigenvalue weighted by Crippen LogP contribution is 2.31. The molecule has 0 unspecified atom stereocenters. The van der Waals surface area contributed by atoms with Crippen molar-refractivity contribution in [3.63, 3.8) is 0 Å². The topological polar surface area (TPSA) is 120 Å². The molecule has 0 atom stereocenters. The van der Waals surface area contributed by atoms with Crippen LogP contribution in [0.2, 0.25) is 0 Å². The summed E-state index contributed by atoms with van der Waals surface area (Å²) >= 11 is 1.03. The number of aromatic nitrogens is 3. The van der Waals surface area contributed by atoms with Gasteiger partial charge in [-0.3, -0.25) is 10.1 Å². The van der Waals surface area contributed by atoms with Gasteiger partial charge in [-0.2, -0.15) is 13.2 Å². The van der Waals surface area contributed by atoms with Crippen LogP contribution in [0.4, 0.5) is 29.3 Å². The maximum Gasteiger partial charge on any atom is 0.416 e. The van der Waals surface area contributed by atoms with E-state index >= 15 is 0 Å². The molecule has 1 aromatic heterocycles. The van der Waals surface area contributed by atoms with Crippen molar-refractivity contribution in [1.29, 1.82) is 0 Å². The summed E-state index contributed by atoms with van der Waals surface area (Å²) in [5.74, 6) is 0.502. The van der Waals surface area contributed by atoms with E-state index in [1.807, 2.05) is 6.92 Å². The molecule has 2 N–H and O–H groups in total. The number of alkyl halides is 3. The van der Waals surface area contributed by atoms with Crippen LogP contribution in [-0.2, 0) is 15.7 Å². The number of rotatable bonds is 7. The number of halogens is 3. The van der Waals surface area contributed by atoms with E-state index in [4.69, 9.17) is 9.47 Å². The lowest BCUT2D eigenvalue weighted by atomic mass is 10.2. The quantitative estimate of drug-likeness (QED) is 0.132. The smallest absolute Gasteiger partial charge is 0.416 e. The molecule has 0 fully saturated rings. The van der Waals surface area contributed by atoms with E-state index in [1.54, 1.807) is 63.4 Å². The zero-order valence-electron chi connectivity index (χ0n) is 24.4. The zero-order valence-corrected chi connectivity index (χ0v) is 25.2. The van der Waals surface area contributed by atoms with Crippen molar-refractivity contribution < 1.29 is 32.2 Å². The Morgan fingerprint density at radius 2 is 1.66 bits per heavy atom. The molecule has 4 aromatic rings. The van der Waals surface area contributed by atoms with Gasteiger partial charge in [-0.15, -0.1) is 5.10 Å². The first kappa shape index (κ1) is 32.1. The van der Waals surface area contributed by atoms with Crippen molar-refractivity contribution in [2.24, 2.45) is 4.99 Å². The van der Waals surface area contributed by atoms with Crippen LogP contribution in [0.25, 0.3) is 17.1 Å². The van der Waals surface area contributed by atoms with Gasteiger partial charge in [0.1, 0.15) is 16.8 Å². The van der Waals surface area contributed by atoms with E-state index in [2.05, 4.69) is 25.7 Å². The molecule has 0 radical (unpaired) electrons. The number of hydrogen-bond donors (Lipinski definition) is 2. The molecule has 4 rings (SSSR count). The SMILES string of the molecule is COC(=O)C(C)(C)S/C(=N/c1ccc(OC)cc1C)NC(=O)Nc1ccc(-c2ncn(-c3ccc(C(F)(F)F)cc3)n2)cc1. The first-order valence-electron chi connectivity index (χ1n) is 13.1. The number of hydrogen-bond acceptors (Lipinski definition) is 8. The number of carbonyl (C=O) groups excluding carboxylic acids is 2. The summed E-state index contributed by atoms with van der Waals surface area (Å²) in [5, 5.41) is 9.95. The molecule has 3 aromatic carbocycles. The number of anilines is 1. The fourth-order valence-electron chi connectivity index (χ4n) is 3.88. The molecular formula is C30H29F3N6O4S. The highest BCUT2D eigenvalue weighted by Gasteiger charge is 2.32. The zero-order chi connectivity index (χ0) is 32.1. The van der Waals surface area contributed by atoms with Gasteiger partial charge in [0.25, 0.3) is 0 Å². The van der Waals surface area contributed by atoms with E-state index in [0.29, 0.717) is 34.2 Å². The summed E-state index contributed by atoms with van der Waals surface area (Å²) in [5.41, 5.74) is 2.10. The summed E-state index contributed by atoms with van der Waals surface area (Å²) in [7, 11) is 2.84. The van der Waals surface area contributed by atoms with Crippen LogP contribution >= 0.6 is 11.8 Å². The van der Waals surface area contributed by atoms with Crippen molar-refractivity contribution in [3.8, 4) is 22.8 Å². The number of methoxy groups -OCH3 is 2. The van der Waals surface area contributed by atoms with E-state index in [0.717, 1.165) is 29.5 Å². The van der Waals surface area contributed by atoms with Crippen molar-refractivity contribution in [3.05, 3.63) is 84.2 Å². The van der Waals surface area contributed by atoms with Gasteiger partial charge in [0.05, 0.1) is 31.2 Å². The van der Waals surface area contributed by atoms with E-state index in [1.165, 1.54) is 30.3 Å². The lowest BCUT2D eigenvalue weighted by Gasteiger charge is -2.22. The van der Waals surface area contributed by atoms with Gasteiger partial charge < -0.3 is 14.8 Å². The van der Waals surface area contributed by atoms with Crippen molar-refractivity contribution >= 4 is 40.3 Å². The standard InChI is InChI=1S/C30H29F3N6O4S/c1-18-16-23(42-4)14-15-24(18)36-28(44-29(2,3)26(40)43-5)37-27(41)35-21-10-6-19(7-11-21)25-34-17-39(38-25)22-12-8-20(9-13-22)30(31,32)33/h6-17H,1-5H3,(H2,35,36,37,41). The normalized spacial score (nSPS) is 12.0. The summed E-state index contributed by atoms with van der Waals surface area (Å²) in [6, 6.07) is 15.9. The molecular weight excluding hydrogens is 597 g/mol. The van der Waals surface area contributed by atoms with E-state index < -0.39 is 28.5 Å². The van der Waals surface area contributed by atoms with Gasteiger partial charge in [0.15, 0.2) is 11.0 Å². The van der Waals surface area contributed by atoms with Gasteiger partial charge in [0.2, 0.25) is 0 Å². The Hall–Kier alpha value is -4.85. The third-order valence-electron chi connectivity index (χ3n) is 6.23. The number of carbonyl (C=O) groups is 2. The monoisotopic (exact) mass is 626 g/mol. The summed E-state index contributed by atoms with van der Waals surface area (Å²) < 4.78 is 49.0. The van der Waals surface area contributed by atoms with E-state index in [-0.39, 0.29) is 5.17 Å². The average Bonchev–Trinajstić information content (AvgIpc) is 3.48. The summed E-state index contributed by atoms with van der Waals surface area (Å²) in [4.78, 5) is 34.1. The van der Waals surface area contributed by atoms with Gasteiger partial charge >= 0.3 is 18.2 Å². The molecule has 0 saturated heterocycles. The van der Waals surface area contributed by atoms with Crippen LogP contribution < -0.4 is 15.4 Å². The molecule has 1 heterocycles. The molecule has 2 amide bonds. The largest absolute Gasteiger partial charge is 0.497 e. The summed E-state index contributed by atoms with van der Waals surface area (Å²) in [6.07, 6.45) is -3.03. The summed E-state index contributed by atoms with van der Waals surface area (Å²) in [6.45, 7) is 5.16. The molecule has 14 heteroatoms. The number of urea groups is 1. The lowest BCUT2D eigenvalue weighted by Crippen LogP contribution is -2.38. The van der Waals surface area contributed by atoms with Crippen molar-refractivity contribution in [2.75, 3.05) is 19.5 Å². The number of ether oxygens (including phenoxy) is 2. The van der Waals surface area contributed by atoms with Gasteiger partial charge in [-0.05, 0) is 93.1 Å². The third kappa shape index (κ3) is 7.95. The molecule has 0 aliphatic rings. The molecule has 10 nitrogen and oxygen atoms in total. The Bertz CT molecular complexity index is 1670. The van der Waals surface area contributed by atoms with Crippen LogP contribution in [0, 0.1) is 6.92 Å². The van der Waals surface area contributed by atoms with Crippen molar-refractivity contribution in [2.45, 2.75) is 31.7 Å². The number of nitrogens with one attached hydrogen (secondary N) is 2. The molecule has 230 valence electrons.